The molecule has 0 aliphatic rings. The Kier molecular flexibility index (Phi) is 3.29. The third-order valence-corrected chi connectivity index (χ3v) is 2.63. The van der Waals surface area contributed by atoms with Crippen LogP contribution < -0.4 is 16.0 Å². The summed E-state index contributed by atoms with van der Waals surface area (Å²) in [6.45, 7) is 0. The van der Waals surface area contributed by atoms with E-state index < -0.39 is 5.91 Å². The number of carbonyl (C=O) groups is 1. The first kappa shape index (κ1) is 12.1. The molecule has 0 unspecified atom stereocenters. The summed E-state index contributed by atoms with van der Waals surface area (Å²) in [7, 11) is 3.38. The summed E-state index contributed by atoms with van der Waals surface area (Å²) >= 11 is 0. The van der Waals surface area contributed by atoms with Gasteiger partial charge in [0.25, 0.3) is 5.91 Å². The van der Waals surface area contributed by atoms with Gasteiger partial charge in [-0.05, 0) is 30.3 Å². The summed E-state index contributed by atoms with van der Waals surface area (Å²) < 4.78 is 6.72. The molecule has 6 heteroatoms. The lowest BCUT2D eigenvalue weighted by Crippen LogP contribution is -2.30. The second-order valence-electron chi connectivity index (χ2n) is 3.74. The molecule has 1 aromatic carbocycles. The zero-order chi connectivity index (χ0) is 13.1. The quantitative estimate of drug-likeness (QED) is 0.474. The highest BCUT2D eigenvalue weighted by molar-refractivity contribution is 5.92. The Morgan fingerprint density at radius 2 is 2.06 bits per heavy atom. The SMILES string of the molecule is COc1ccc(-c2cc(C(=O)NN)nn2C)cc1. The number of hydrazine groups is 1. The molecule has 0 saturated heterocycles. The lowest BCUT2D eigenvalue weighted by atomic mass is 10.1. The number of nitrogens with zero attached hydrogens (tertiary/aromatic N) is 2. The van der Waals surface area contributed by atoms with Crippen LogP contribution in [0, 0.1) is 0 Å². The molecule has 2 rings (SSSR count). The monoisotopic (exact) mass is 246 g/mol. The molecule has 0 radical (unpaired) electrons. The second-order valence-corrected chi connectivity index (χ2v) is 3.74. The number of ether oxygens (including phenoxy) is 1. The third kappa shape index (κ3) is 2.18. The smallest absolute Gasteiger partial charge is 0.285 e. The van der Waals surface area contributed by atoms with Crippen molar-refractivity contribution in [2.45, 2.75) is 0 Å². The van der Waals surface area contributed by atoms with Crippen LogP contribution in [0.4, 0.5) is 0 Å². The molecule has 3 N–H and O–H groups in total. The van der Waals surface area contributed by atoms with Gasteiger partial charge in [0.2, 0.25) is 0 Å². The van der Waals surface area contributed by atoms with Gasteiger partial charge in [0.05, 0.1) is 12.8 Å². The molecule has 0 bridgehead atoms. The van der Waals surface area contributed by atoms with Crippen LogP contribution in [0.3, 0.4) is 0 Å². The van der Waals surface area contributed by atoms with Gasteiger partial charge in [-0.1, -0.05) is 0 Å². The average Bonchev–Trinajstić information content (AvgIpc) is 2.80. The fourth-order valence-corrected chi connectivity index (χ4v) is 1.68. The number of rotatable bonds is 3. The Labute approximate surface area is 104 Å². The number of methoxy groups -OCH3 is 1. The molecule has 94 valence electrons. The zero-order valence-electron chi connectivity index (χ0n) is 10.2. The van der Waals surface area contributed by atoms with E-state index in [9.17, 15) is 4.79 Å². The number of amides is 1. The number of benzene rings is 1. The molecular formula is C12H14N4O2. The minimum Gasteiger partial charge on any atom is -0.497 e. The number of nitrogens with one attached hydrogen (secondary N) is 1. The van der Waals surface area contributed by atoms with Crippen molar-refractivity contribution in [2.24, 2.45) is 12.9 Å². The van der Waals surface area contributed by atoms with E-state index in [4.69, 9.17) is 10.6 Å². The van der Waals surface area contributed by atoms with Crippen LogP contribution in [0.1, 0.15) is 10.5 Å². The summed E-state index contributed by atoms with van der Waals surface area (Å²) in [5.74, 6) is 5.44. The molecule has 1 heterocycles. The first-order valence-electron chi connectivity index (χ1n) is 5.35. The van der Waals surface area contributed by atoms with Crippen LogP contribution in [-0.4, -0.2) is 22.8 Å². The Hall–Kier alpha value is -2.34. The Morgan fingerprint density at radius 1 is 1.39 bits per heavy atom. The molecule has 1 aromatic heterocycles. The summed E-state index contributed by atoms with van der Waals surface area (Å²) in [5, 5.41) is 4.09. The molecular weight excluding hydrogens is 232 g/mol. The molecule has 0 aliphatic heterocycles. The molecule has 6 nitrogen and oxygen atoms in total. The highest BCUT2D eigenvalue weighted by Crippen LogP contribution is 2.22. The van der Waals surface area contributed by atoms with Crippen molar-refractivity contribution in [3.05, 3.63) is 36.0 Å². The van der Waals surface area contributed by atoms with Gasteiger partial charge in [-0.15, -0.1) is 0 Å². The number of hydrogen-bond donors (Lipinski definition) is 2. The molecule has 0 saturated carbocycles. The van der Waals surface area contributed by atoms with E-state index in [0.29, 0.717) is 0 Å². The van der Waals surface area contributed by atoms with Crippen molar-refractivity contribution in [2.75, 3.05) is 7.11 Å². The largest absolute Gasteiger partial charge is 0.497 e. The van der Waals surface area contributed by atoms with E-state index in [1.807, 2.05) is 24.3 Å². The Morgan fingerprint density at radius 3 is 2.61 bits per heavy atom. The van der Waals surface area contributed by atoms with Crippen molar-refractivity contribution < 1.29 is 9.53 Å². The minimum absolute atomic E-state index is 0.283. The summed E-state index contributed by atoms with van der Waals surface area (Å²) in [4.78, 5) is 11.4. The van der Waals surface area contributed by atoms with Crippen molar-refractivity contribution >= 4 is 5.91 Å². The normalized spacial score (nSPS) is 10.2. The maximum atomic E-state index is 11.4. The highest BCUT2D eigenvalue weighted by Gasteiger charge is 2.12. The van der Waals surface area contributed by atoms with Crippen LogP contribution in [-0.2, 0) is 7.05 Å². The maximum Gasteiger partial charge on any atom is 0.285 e. The molecule has 0 fully saturated rings. The average molecular weight is 246 g/mol. The van der Waals surface area contributed by atoms with Crippen LogP contribution in [0.15, 0.2) is 30.3 Å². The van der Waals surface area contributed by atoms with E-state index in [1.54, 1.807) is 24.9 Å². The molecule has 18 heavy (non-hydrogen) atoms. The van der Waals surface area contributed by atoms with Gasteiger partial charge < -0.3 is 4.74 Å². The summed E-state index contributed by atoms with van der Waals surface area (Å²) in [6, 6.07) is 9.19. The highest BCUT2D eigenvalue weighted by atomic mass is 16.5. The first-order chi connectivity index (χ1) is 8.65. The van der Waals surface area contributed by atoms with Gasteiger partial charge in [0.1, 0.15) is 5.75 Å². The second kappa shape index (κ2) is 4.89. The molecule has 0 spiro atoms. The zero-order valence-corrected chi connectivity index (χ0v) is 10.2. The molecule has 1 amide bonds. The first-order valence-corrected chi connectivity index (χ1v) is 5.35. The van der Waals surface area contributed by atoms with Gasteiger partial charge in [-0.3, -0.25) is 14.9 Å². The fourth-order valence-electron chi connectivity index (χ4n) is 1.68. The number of nitrogens with two attached hydrogens (primary N) is 1. The van der Waals surface area contributed by atoms with Gasteiger partial charge in [-0.2, -0.15) is 5.10 Å². The Bertz CT molecular complexity index is 560. The lowest BCUT2D eigenvalue weighted by Gasteiger charge is -2.03. The van der Waals surface area contributed by atoms with Crippen molar-refractivity contribution in [1.82, 2.24) is 15.2 Å². The maximum absolute atomic E-state index is 11.4. The topological polar surface area (TPSA) is 82.2 Å². The van der Waals surface area contributed by atoms with Crippen molar-refractivity contribution in [1.29, 1.82) is 0 Å². The van der Waals surface area contributed by atoms with Gasteiger partial charge in [0, 0.05) is 12.6 Å². The predicted octanol–water partition coefficient (Wildman–Crippen LogP) is 0.699. The third-order valence-electron chi connectivity index (χ3n) is 2.63. The van der Waals surface area contributed by atoms with Gasteiger partial charge >= 0.3 is 0 Å². The van der Waals surface area contributed by atoms with E-state index in [0.717, 1.165) is 17.0 Å². The lowest BCUT2D eigenvalue weighted by molar-refractivity contribution is 0.0948. The van der Waals surface area contributed by atoms with Crippen molar-refractivity contribution in [3.63, 3.8) is 0 Å². The van der Waals surface area contributed by atoms with E-state index >= 15 is 0 Å². The molecule has 2 aromatic rings. The van der Waals surface area contributed by atoms with Gasteiger partial charge in [-0.25, -0.2) is 5.84 Å². The number of hydrogen-bond acceptors (Lipinski definition) is 4. The molecule has 0 atom stereocenters. The van der Waals surface area contributed by atoms with Gasteiger partial charge in [0.15, 0.2) is 5.69 Å². The standard InChI is InChI=1S/C12H14N4O2/c1-16-11(7-10(15-16)12(17)14-13)8-3-5-9(18-2)6-4-8/h3-7H,13H2,1-2H3,(H,14,17). The van der Waals surface area contributed by atoms with Crippen LogP contribution >= 0.6 is 0 Å². The number of carbonyl (C=O) groups excluding carboxylic acids is 1. The van der Waals surface area contributed by atoms with E-state index in [1.165, 1.54) is 0 Å². The van der Waals surface area contributed by atoms with Crippen molar-refractivity contribution in [3.8, 4) is 17.0 Å². The van der Waals surface area contributed by atoms with Crippen LogP contribution in [0.2, 0.25) is 0 Å². The van der Waals surface area contributed by atoms with Crippen LogP contribution in [0.5, 0.6) is 5.75 Å². The van der Waals surface area contributed by atoms with E-state index in [2.05, 4.69) is 10.5 Å². The summed E-state index contributed by atoms with van der Waals surface area (Å²) in [6.07, 6.45) is 0. The van der Waals surface area contributed by atoms with Crippen LogP contribution in [0.25, 0.3) is 11.3 Å². The predicted molar refractivity (Wildman–Crippen MR) is 66.8 cm³/mol. The number of aryl methyl sites for hydroxylation is 1. The molecule has 0 aliphatic carbocycles. The minimum atomic E-state index is -0.412. The fraction of sp³-hybridized carbons (Fsp3) is 0.167. The van der Waals surface area contributed by atoms with E-state index in [-0.39, 0.29) is 5.69 Å². The summed E-state index contributed by atoms with van der Waals surface area (Å²) in [5.41, 5.74) is 4.12. The number of nitrogen functional groups attached to an aromatic ring is 1. The Balaban J connectivity index is 2.37. The number of aromatic nitrogens is 2.